The van der Waals surface area contributed by atoms with Gasteiger partial charge in [0, 0.05) is 23.6 Å². The Morgan fingerprint density at radius 1 is 1.03 bits per heavy atom. The van der Waals surface area contributed by atoms with E-state index in [0.29, 0.717) is 0 Å². The van der Waals surface area contributed by atoms with Crippen molar-refractivity contribution in [1.29, 1.82) is 0 Å². The van der Waals surface area contributed by atoms with Crippen LogP contribution in [-0.4, -0.2) is 38.2 Å². The number of fused-ring (bicyclic) bond motifs is 2. The molecule has 6 nitrogen and oxygen atoms in total. The van der Waals surface area contributed by atoms with E-state index in [-0.39, 0.29) is 5.13 Å². The van der Waals surface area contributed by atoms with Crippen molar-refractivity contribution in [2.24, 2.45) is 0 Å². The zero-order valence-corrected chi connectivity index (χ0v) is 16.7. The number of thiophene rings is 1. The second kappa shape index (κ2) is 6.86. The van der Waals surface area contributed by atoms with Crippen molar-refractivity contribution in [3.8, 4) is 22.0 Å². The quantitative estimate of drug-likeness (QED) is 0.397. The first-order valence-electron chi connectivity index (χ1n) is 9.75. The molecule has 0 saturated carbocycles. The second-order valence-corrected chi connectivity index (χ2v) is 8.29. The number of aromatic nitrogens is 5. The van der Waals surface area contributed by atoms with Crippen molar-refractivity contribution in [3.63, 3.8) is 0 Å². The third-order valence-corrected chi connectivity index (χ3v) is 6.29. The highest BCUT2D eigenvalue weighted by Crippen LogP contribution is 2.35. The number of rotatable bonds is 3. The monoisotopic (exact) mass is 416 g/mol. The Morgan fingerprint density at radius 2 is 2.00 bits per heavy atom. The molecule has 1 aliphatic heterocycles. The molecule has 0 fully saturated rings. The van der Waals surface area contributed by atoms with Crippen molar-refractivity contribution in [2.75, 3.05) is 13.1 Å². The second-order valence-electron chi connectivity index (χ2n) is 7.26. The number of nitrogens with one attached hydrogen (secondary N) is 3. The van der Waals surface area contributed by atoms with Crippen LogP contribution >= 0.6 is 11.3 Å². The molecule has 0 aliphatic carbocycles. The summed E-state index contributed by atoms with van der Waals surface area (Å²) in [6, 6.07) is 11.2. The summed E-state index contributed by atoms with van der Waals surface area (Å²) in [5.41, 5.74) is 7.27. The molecule has 3 N–H and O–H groups in total. The minimum Gasteiger partial charge on any atom is -0.353 e. The first-order valence-corrected chi connectivity index (χ1v) is 10.6. The van der Waals surface area contributed by atoms with Gasteiger partial charge in [0.2, 0.25) is 0 Å². The third-order valence-electron chi connectivity index (χ3n) is 5.41. The number of H-pyrrole nitrogens is 2. The predicted octanol–water partition coefficient (Wildman–Crippen LogP) is 4.75. The van der Waals surface area contributed by atoms with E-state index in [0.717, 1.165) is 80.4 Å². The van der Waals surface area contributed by atoms with E-state index < -0.39 is 0 Å². The molecule has 0 atom stereocenters. The highest BCUT2D eigenvalue weighted by molar-refractivity contribution is 7.13. The van der Waals surface area contributed by atoms with Gasteiger partial charge in [-0.2, -0.15) is 9.49 Å². The van der Waals surface area contributed by atoms with Crippen molar-refractivity contribution < 1.29 is 4.39 Å². The highest BCUT2D eigenvalue weighted by Gasteiger charge is 2.17. The van der Waals surface area contributed by atoms with E-state index in [2.05, 4.69) is 31.6 Å². The van der Waals surface area contributed by atoms with E-state index in [1.54, 1.807) is 12.3 Å². The van der Waals surface area contributed by atoms with Crippen LogP contribution in [-0.2, 0) is 0 Å². The minimum absolute atomic E-state index is 0.221. The lowest BCUT2D eigenvalue weighted by molar-refractivity contribution is 0.657. The first kappa shape index (κ1) is 17.5. The number of halogens is 1. The predicted molar refractivity (Wildman–Crippen MR) is 118 cm³/mol. The molecule has 0 bridgehead atoms. The van der Waals surface area contributed by atoms with Gasteiger partial charge in [0.1, 0.15) is 11.2 Å². The van der Waals surface area contributed by atoms with Gasteiger partial charge < -0.3 is 10.3 Å². The lowest BCUT2D eigenvalue weighted by atomic mass is 10.0. The maximum atomic E-state index is 13.6. The summed E-state index contributed by atoms with van der Waals surface area (Å²) >= 11 is 1.09. The average Bonchev–Trinajstić information content (AvgIpc) is 3.51. The SMILES string of the molecule is Fc1ccc(-c2nccc3[nH]c(-c4n[nH]c5ccc(C6=CCNCC6)nc45)cc23)s1. The van der Waals surface area contributed by atoms with Crippen molar-refractivity contribution in [1.82, 2.24) is 30.5 Å². The first-order chi connectivity index (χ1) is 14.8. The van der Waals surface area contributed by atoms with Crippen LogP contribution in [0.5, 0.6) is 0 Å². The summed E-state index contributed by atoms with van der Waals surface area (Å²) in [6.45, 7) is 1.83. The van der Waals surface area contributed by atoms with Gasteiger partial charge in [-0.3, -0.25) is 10.1 Å². The lowest BCUT2D eigenvalue weighted by Crippen LogP contribution is -2.20. The molecular formula is C22H17FN6S. The van der Waals surface area contributed by atoms with Crippen LogP contribution in [0, 0.1) is 5.13 Å². The highest BCUT2D eigenvalue weighted by atomic mass is 32.1. The van der Waals surface area contributed by atoms with Crippen LogP contribution in [0.3, 0.4) is 0 Å². The van der Waals surface area contributed by atoms with Crippen molar-refractivity contribution >= 4 is 38.8 Å². The zero-order valence-electron chi connectivity index (χ0n) is 15.9. The molecule has 6 rings (SSSR count). The van der Waals surface area contributed by atoms with Crippen molar-refractivity contribution in [3.05, 3.63) is 59.5 Å². The minimum atomic E-state index is -0.221. The summed E-state index contributed by atoms with van der Waals surface area (Å²) in [5, 5.41) is 11.7. The van der Waals surface area contributed by atoms with E-state index in [4.69, 9.17) is 4.98 Å². The number of hydrogen-bond donors (Lipinski definition) is 3. The van der Waals surface area contributed by atoms with Crippen LogP contribution in [0.2, 0.25) is 0 Å². The van der Waals surface area contributed by atoms with Crippen LogP contribution in [0.15, 0.2) is 48.7 Å². The summed E-state index contributed by atoms with van der Waals surface area (Å²) in [6.07, 6.45) is 4.89. The Balaban J connectivity index is 1.49. The lowest BCUT2D eigenvalue weighted by Gasteiger charge is -2.13. The summed E-state index contributed by atoms with van der Waals surface area (Å²) in [4.78, 5) is 13.6. The maximum Gasteiger partial charge on any atom is 0.177 e. The number of nitrogens with zero attached hydrogens (tertiary/aromatic N) is 3. The third kappa shape index (κ3) is 2.84. The molecule has 0 saturated heterocycles. The molecule has 0 radical (unpaired) electrons. The molecular weight excluding hydrogens is 399 g/mol. The largest absolute Gasteiger partial charge is 0.353 e. The standard InChI is InChI=1S/C22H17FN6S/c23-19-4-3-18(30-19)20-13-11-17(26-15(13)7-10-25-20)22-21-16(28-29-22)2-1-14(27-21)12-5-8-24-9-6-12/h1-5,7,10-11,24,26H,6,8-9H2,(H,28,29). The van der Waals surface area contributed by atoms with Crippen molar-refractivity contribution in [2.45, 2.75) is 6.42 Å². The molecule has 0 spiro atoms. The molecule has 0 aromatic carbocycles. The van der Waals surface area contributed by atoms with Gasteiger partial charge in [-0.15, -0.1) is 11.3 Å². The fourth-order valence-corrected chi connectivity index (χ4v) is 4.68. The van der Waals surface area contributed by atoms with E-state index >= 15 is 0 Å². The fraction of sp³-hybridized carbons (Fsp3) is 0.136. The summed E-state index contributed by atoms with van der Waals surface area (Å²) in [7, 11) is 0. The van der Waals surface area contributed by atoms with E-state index in [1.165, 1.54) is 11.6 Å². The van der Waals surface area contributed by atoms with E-state index in [9.17, 15) is 4.39 Å². The van der Waals surface area contributed by atoms with Gasteiger partial charge in [0.15, 0.2) is 5.13 Å². The van der Waals surface area contributed by atoms with Gasteiger partial charge >= 0.3 is 0 Å². The van der Waals surface area contributed by atoms with E-state index in [1.807, 2.05) is 24.3 Å². The molecule has 5 aromatic rings. The molecule has 5 aromatic heterocycles. The smallest absolute Gasteiger partial charge is 0.177 e. The Hall–Kier alpha value is -3.36. The summed E-state index contributed by atoms with van der Waals surface area (Å²) < 4.78 is 13.6. The van der Waals surface area contributed by atoms with Gasteiger partial charge in [-0.1, -0.05) is 6.08 Å². The van der Waals surface area contributed by atoms with Crippen LogP contribution < -0.4 is 5.32 Å². The Morgan fingerprint density at radius 3 is 2.83 bits per heavy atom. The zero-order chi connectivity index (χ0) is 20.1. The summed E-state index contributed by atoms with van der Waals surface area (Å²) in [5.74, 6) is 0. The Bertz CT molecular complexity index is 1430. The molecule has 6 heterocycles. The van der Waals surface area contributed by atoms with Crippen LogP contribution in [0.4, 0.5) is 4.39 Å². The average molecular weight is 416 g/mol. The Kier molecular flexibility index (Phi) is 4.00. The van der Waals surface area contributed by atoms with Crippen LogP contribution in [0.25, 0.3) is 49.5 Å². The van der Waals surface area contributed by atoms with Gasteiger partial charge in [0.25, 0.3) is 0 Å². The maximum absolute atomic E-state index is 13.6. The molecule has 148 valence electrons. The molecule has 30 heavy (non-hydrogen) atoms. The van der Waals surface area contributed by atoms with Gasteiger partial charge in [0.05, 0.1) is 27.5 Å². The molecule has 1 aliphatic rings. The topological polar surface area (TPSA) is 82.3 Å². The number of pyridine rings is 2. The molecule has 0 amide bonds. The molecule has 0 unspecified atom stereocenters. The van der Waals surface area contributed by atoms with Crippen LogP contribution in [0.1, 0.15) is 12.1 Å². The fourth-order valence-electron chi connectivity index (χ4n) is 3.94. The van der Waals surface area contributed by atoms with Gasteiger partial charge in [-0.25, -0.2) is 4.98 Å². The normalized spacial score (nSPS) is 14.5. The molecule has 8 heteroatoms. The number of aromatic amines is 2. The Labute approximate surface area is 174 Å². The van der Waals surface area contributed by atoms with Gasteiger partial charge in [-0.05, 0) is 54.9 Å². The number of hydrogen-bond acceptors (Lipinski definition) is 5.